The highest BCUT2D eigenvalue weighted by atomic mass is 32.2. The zero-order valence-electron chi connectivity index (χ0n) is 25.8. The van der Waals surface area contributed by atoms with Crippen LogP contribution in [0, 0.1) is 17.7 Å². The van der Waals surface area contributed by atoms with Crippen molar-refractivity contribution >= 4 is 27.7 Å². The van der Waals surface area contributed by atoms with Gasteiger partial charge in [0.15, 0.2) is 15.2 Å². The number of carboxylic acids is 1. The molecular weight excluding hydrogens is 609 g/mol. The molecule has 46 heavy (non-hydrogen) atoms. The Labute approximate surface area is 268 Å². The first-order valence-corrected chi connectivity index (χ1v) is 15.9. The van der Waals surface area contributed by atoms with E-state index in [-0.39, 0.29) is 23.0 Å². The van der Waals surface area contributed by atoms with E-state index >= 15 is 0 Å². The molecule has 4 aromatic rings. The summed E-state index contributed by atoms with van der Waals surface area (Å²) in [5.74, 6) is 3.74. The van der Waals surface area contributed by atoms with E-state index in [1.165, 1.54) is 30.3 Å². The fourth-order valence-corrected chi connectivity index (χ4v) is 6.10. The summed E-state index contributed by atoms with van der Waals surface area (Å²) in [6, 6.07) is 24.2. The SMILES string of the molecule is CC#Cc1cccc(-c2ccc(CNC(c3cccc(N(CC(=O)O)C(=O)OC(C)(C)C)n3)S(=O)(=O)c3cccc(F)c3)cc2)c1. The smallest absolute Gasteiger partial charge is 0.416 e. The molecule has 1 unspecified atom stereocenters. The fraction of sp³-hybridized carbons (Fsp3) is 0.229. The van der Waals surface area contributed by atoms with Crippen molar-refractivity contribution in [2.45, 2.75) is 50.1 Å². The molecule has 1 aromatic heterocycles. The number of sulfone groups is 1. The van der Waals surface area contributed by atoms with Crippen molar-refractivity contribution in [2.24, 2.45) is 0 Å². The highest BCUT2D eigenvalue weighted by molar-refractivity contribution is 7.91. The number of amides is 1. The summed E-state index contributed by atoms with van der Waals surface area (Å²) in [6.07, 6.45) is -0.968. The van der Waals surface area contributed by atoms with Crippen molar-refractivity contribution < 1.29 is 32.2 Å². The minimum atomic E-state index is -4.30. The largest absolute Gasteiger partial charge is 0.480 e. The van der Waals surface area contributed by atoms with Gasteiger partial charge in [-0.25, -0.2) is 22.6 Å². The van der Waals surface area contributed by atoms with Gasteiger partial charge in [0, 0.05) is 12.1 Å². The summed E-state index contributed by atoms with van der Waals surface area (Å²) in [7, 11) is -4.30. The van der Waals surface area contributed by atoms with Crippen LogP contribution >= 0.6 is 0 Å². The average molecular weight is 644 g/mol. The van der Waals surface area contributed by atoms with E-state index in [1.807, 2.05) is 48.5 Å². The number of ether oxygens (including phenoxy) is 1. The van der Waals surface area contributed by atoms with Gasteiger partial charge < -0.3 is 9.84 Å². The van der Waals surface area contributed by atoms with E-state index in [2.05, 4.69) is 22.1 Å². The molecule has 238 valence electrons. The number of carbonyl (C=O) groups excluding carboxylic acids is 1. The van der Waals surface area contributed by atoms with Crippen molar-refractivity contribution in [3.05, 3.63) is 114 Å². The van der Waals surface area contributed by atoms with Crippen LogP contribution in [0.2, 0.25) is 0 Å². The van der Waals surface area contributed by atoms with Gasteiger partial charge in [0.1, 0.15) is 23.8 Å². The van der Waals surface area contributed by atoms with Crippen LogP contribution in [0.5, 0.6) is 0 Å². The molecule has 0 spiro atoms. The quantitative estimate of drug-likeness (QED) is 0.192. The van der Waals surface area contributed by atoms with Gasteiger partial charge in [0.2, 0.25) is 0 Å². The van der Waals surface area contributed by atoms with Crippen LogP contribution in [0.25, 0.3) is 11.1 Å². The van der Waals surface area contributed by atoms with Gasteiger partial charge in [-0.2, -0.15) is 0 Å². The summed E-state index contributed by atoms with van der Waals surface area (Å²) in [4.78, 5) is 29.5. The van der Waals surface area contributed by atoms with Crippen LogP contribution in [0.15, 0.2) is 95.9 Å². The topological polar surface area (TPSA) is 126 Å². The highest BCUT2D eigenvalue weighted by Gasteiger charge is 2.32. The summed E-state index contributed by atoms with van der Waals surface area (Å²) in [6.45, 7) is 5.96. The molecule has 4 rings (SSSR count). The number of aliphatic carboxylic acids is 1. The van der Waals surface area contributed by atoms with Crippen molar-refractivity contribution in [3.63, 3.8) is 0 Å². The van der Waals surface area contributed by atoms with Crippen LogP contribution in [0.3, 0.4) is 0 Å². The molecule has 0 saturated heterocycles. The molecule has 0 bridgehead atoms. The lowest BCUT2D eigenvalue weighted by atomic mass is 10.0. The molecule has 0 aliphatic rings. The molecule has 3 aromatic carbocycles. The second-order valence-electron chi connectivity index (χ2n) is 11.3. The number of hydrogen-bond acceptors (Lipinski definition) is 7. The second-order valence-corrected chi connectivity index (χ2v) is 13.3. The van der Waals surface area contributed by atoms with E-state index in [0.29, 0.717) is 0 Å². The van der Waals surface area contributed by atoms with E-state index < -0.39 is 45.2 Å². The molecule has 0 radical (unpaired) electrons. The number of pyridine rings is 1. The first-order valence-electron chi connectivity index (χ1n) is 14.3. The second kappa shape index (κ2) is 14.4. The molecule has 1 heterocycles. The maximum Gasteiger partial charge on any atom is 0.416 e. The summed E-state index contributed by atoms with van der Waals surface area (Å²) in [5, 5.41) is 11.0. The van der Waals surface area contributed by atoms with Gasteiger partial charge in [0.05, 0.1) is 10.6 Å². The zero-order valence-corrected chi connectivity index (χ0v) is 26.6. The third-order valence-corrected chi connectivity index (χ3v) is 8.49. The maximum absolute atomic E-state index is 14.2. The molecule has 0 aliphatic heterocycles. The van der Waals surface area contributed by atoms with Crippen molar-refractivity contribution in [1.82, 2.24) is 10.3 Å². The molecule has 0 fully saturated rings. The Kier molecular flexibility index (Phi) is 10.6. The van der Waals surface area contributed by atoms with E-state index in [1.54, 1.807) is 27.7 Å². The lowest BCUT2D eigenvalue weighted by Crippen LogP contribution is -2.40. The van der Waals surface area contributed by atoms with Crippen molar-refractivity contribution in [2.75, 3.05) is 11.4 Å². The molecule has 2 N–H and O–H groups in total. The van der Waals surface area contributed by atoms with Crippen molar-refractivity contribution in [3.8, 4) is 23.0 Å². The number of carbonyl (C=O) groups is 2. The number of nitrogens with zero attached hydrogens (tertiary/aromatic N) is 2. The number of anilines is 1. The van der Waals surface area contributed by atoms with Crippen LogP contribution < -0.4 is 10.2 Å². The Morgan fingerprint density at radius 3 is 2.33 bits per heavy atom. The summed E-state index contributed by atoms with van der Waals surface area (Å²) < 4.78 is 47.4. The minimum absolute atomic E-state index is 0.0359. The molecule has 0 saturated carbocycles. The number of nitrogens with one attached hydrogen (secondary N) is 1. The Hall–Kier alpha value is -5.05. The van der Waals surface area contributed by atoms with Gasteiger partial charge in [-0.1, -0.05) is 54.5 Å². The normalized spacial score (nSPS) is 12.0. The van der Waals surface area contributed by atoms with E-state index in [4.69, 9.17) is 4.74 Å². The van der Waals surface area contributed by atoms with E-state index in [9.17, 15) is 27.5 Å². The molecule has 11 heteroatoms. The van der Waals surface area contributed by atoms with Crippen LogP contribution in [0.4, 0.5) is 15.0 Å². The fourth-order valence-electron chi connectivity index (χ4n) is 4.53. The zero-order chi connectivity index (χ0) is 33.5. The number of rotatable bonds is 10. The number of benzene rings is 3. The Morgan fingerprint density at radius 1 is 0.978 bits per heavy atom. The molecule has 0 aliphatic carbocycles. The highest BCUT2D eigenvalue weighted by Crippen LogP contribution is 2.29. The van der Waals surface area contributed by atoms with Gasteiger partial charge in [-0.15, -0.1) is 5.92 Å². The van der Waals surface area contributed by atoms with Crippen LogP contribution in [-0.4, -0.2) is 42.7 Å². The number of hydrogen-bond donors (Lipinski definition) is 2. The third-order valence-electron chi connectivity index (χ3n) is 6.55. The van der Waals surface area contributed by atoms with Gasteiger partial charge in [-0.05, 0) is 86.8 Å². The monoisotopic (exact) mass is 643 g/mol. The van der Waals surface area contributed by atoms with Crippen LogP contribution in [-0.2, 0) is 25.9 Å². The Bertz CT molecular complexity index is 1890. The first-order chi connectivity index (χ1) is 21.8. The molecule has 9 nitrogen and oxygen atoms in total. The predicted molar refractivity (Wildman–Crippen MR) is 173 cm³/mol. The number of halogens is 1. The first kappa shape index (κ1) is 33.8. The van der Waals surface area contributed by atoms with Gasteiger partial charge >= 0.3 is 12.1 Å². The Morgan fingerprint density at radius 2 is 1.67 bits per heavy atom. The van der Waals surface area contributed by atoms with Gasteiger partial charge in [0.25, 0.3) is 0 Å². The predicted octanol–water partition coefficient (Wildman–Crippen LogP) is 6.35. The minimum Gasteiger partial charge on any atom is -0.480 e. The van der Waals surface area contributed by atoms with Gasteiger partial charge in [-0.3, -0.25) is 15.0 Å². The third kappa shape index (κ3) is 8.78. The lowest BCUT2D eigenvalue weighted by Gasteiger charge is -2.26. The van der Waals surface area contributed by atoms with Crippen molar-refractivity contribution in [1.29, 1.82) is 0 Å². The summed E-state index contributed by atoms with van der Waals surface area (Å²) in [5.41, 5.74) is 2.60. The molecule has 1 amide bonds. The Balaban J connectivity index is 1.69. The van der Waals surface area contributed by atoms with E-state index in [0.717, 1.165) is 39.3 Å². The lowest BCUT2D eigenvalue weighted by molar-refractivity contribution is -0.135. The van der Waals surface area contributed by atoms with Crippen LogP contribution in [0.1, 0.15) is 49.9 Å². The standard InChI is InChI=1S/C35H34FN3O6S/c1-5-9-24-10-6-11-27(20-24)26-18-16-25(17-19-26)22-37-33(46(43,44)29-13-7-12-28(36)21-29)30-14-8-15-31(38-30)39(23-32(40)41)34(42)45-35(2,3)4/h6-8,10-21,33,37H,22-23H2,1-4H3,(H,40,41). The molecule has 1 atom stereocenters. The summed E-state index contributed by atoms with van der Waals surface area (Å²) >= 11 is 0. The number of carboxylic acid groups (broad SMARTS) is 1. The average Bonchev–Trinajstić information content (AvgIpc) is 3.00. The maximum atomic E-state index is 14.2. The molecular formula is C35H34FN3O6S. The number of aromatic nitrogens is 1.